The molecule has 0 unspecified atom stereocenters. The molecule has 30 heavy (non-hydrogen) atoms. The molecule has 4 aromatic rings. The van der Waals surface area contributed by atoms with E-state index in [1.807, 2.05) is 36.4 Å². The number of ether oxygens (including phenoxy) is 1. The largest absolute Gasteiger partial charge is 0.497 e. The summed E-state index contributed by atoms with van der Waals surface area (Å²) in [4.78, 5) is 30.2. The lowest BCUT2D eigenvalue weighted by Gasteiger charge is -2.04. The van der Waals surface area contributed by atoms with Gasteiger partial charge in [-0.25, -0.2) is 4.98 Å². The average Bonchev–Trinajstić information content (AvgIpc) is 3.10. The molecule has 5 nitrogen and oxygen atoms in total. The average molecular weight is 417 g/mol. The van der Waals surface area contributed by atoms with E-state index >= 15 is 0 Å². The Kier molecular flexibility index (Phi) is 5.33. The molecular formula is C24H20N2O3S. The summed E-state index contributed by atoms with van der Waals surface area (Å²) in [5.41, 5.74) is 9.93. The van der Waals surface area contributed by atoms with Crippen LogP contribution in [0.2, 0.25) is 0 Å². The molecule has 2 N–H and O–H groups in total. The van der Waals surface area contributed by atoms with Gasteiger partial charge in [-0.3, -0.25) is 9.59 Å². The van der Waals surface area contributed by atoms with Crippen LogP contribution in [-0.2, 0) is 6.42 Å². The molecule has 2 aromatic heterocycles. The molecule has 150 valence electrons. The third kappa shape index (κ3) is 3.82. The second-order valence-electron chi connectivity index (χ2n) is 6.98. The number of rotatable bonds is 6. The Balaban J connectivity index is 1.63. The molecule has 4 rings (SSSR count). The van der Waals surface area contributed by atoms with Crippen molar-refractivity contribution < 1.29 is 14.3 Å². The van der Waals surface area contributed by atoms with Gasteiger partial charge in [-0.1, -0.05) is 36.4 Å². The van der Waals surface area contributed by atoms with Gasteiger partial charge in [0.1, 0.15) is 10.6 Å². The maximum absolute atomic E-state index is 12.9. The van der Waals surface area contributed by atoms with Crippen LogP contribution in [0, 0.1) is 0 Å². The summed E-state index contributed by atoms with van der Waals surface area (Å²) in [5.74, 6) is 0.695. The quantitative estimate of drug-likeness (QED) is 0.438. The van der Waals surface area contributed by atoms with Crippen molar-refractivity contribution in [2.45, 2.75) is 13.3 Å². The summed E-state index contributed by atoms with van der Waals surface area (Å²) in [7, 11) is 1.63. The predicted molar refractivity (Wildman–Crippen MR) is 121 cm³/mol. The fourth-order valence-corrected chi connectivity index (χ4v) is 4.30. The van der Waals surface area contributed by atoms with E-state index in [1.54, 1.807) is 31.4 Å². The van der Waals surface area contributed by atoms with Crippen molar-refractivity contribution in [1.29, 1.82) is 0 Å². The predicted octanol–water partition coefficient (Wildman–Crippen LogP) is 5.18. The number of thiophene rings is 1. The number of carbonyl (C=O) groups is 2. The van der Waals surface area contributed by atoms with Crippen molar-refractivity contribution in [2.24, 2.45) is 0 Å². The summed E-state index contributed by atoms with van der Waals surface area (Å²) in [6, 6.07) is 18.6. The molecule has 0 aliphatic carbocycles. The van der Waals surface area contributed by atoms with Gasteiger partial charge in [0.25, 0.3) is 0 Å². The van der Waals surface area contributed by atoms with Crippen LogP contribution in [0.25, 0.3) is 21.5 Å². The van der Waals surface area contributed by atoms with E-state index < -0.39 is 0 Å². The summed E-state index contributed by atoms with van der Waals surface area (Å²) in [5, 5.41) is 0.780. The number of pyridine rings is 1. The highest BCUT2D eigenvalue weighted by molar-refractivity contribution is 7.21. The number of ketones is 2. The van der Waals surface area contributed by atoms with Crippen LogP contribution < -0.4 is 10.5 Å². The van der Waals surface area contributed by atoms with Gasteiger partial charge < -0.3 is 10.5 Å². The molecule has 6 heteroatoms. The van der Waals surface area contributed by atoms with E-state index in [1.165, 1.54) is 18.3 Å². The number of anilines is 1. The van der Waals surface area contributed by atoms with Gasteiger partial charge in [-0.05, 0) is 36.8 Å². The third-order valence-electron chi connectivity index (χ3n) is 4.94. The standard InChI is InChI=1S/C24H20N2O3S/c1-14(27)16-8-6-15(7-9-16)12-21(28)23-22(25)19-10-11-20(26-24(19)30-23)17-4-3-5-18(13-17)29-2/h3-11,13H,12,25H2,1-2H3. The SMILES string of the molecule is COc1cccc(-c2ccc3c(N)c(C(=O)Cc4ccc(C(C)=O)cc4)sc3n2)c1. The summed E-state index contributed by atoms with van der Waals surface area (Å²) in [6.07, 6.45) is 0.220. The van der Waals surface area contributed by atoms with Gasteiger partial charge in [0.15, 0.2) is 11.6 Å². The molecule has 0 saturated heterocycles. The van der Waals surface area contributed by atoms with E-state index in [9.17, 15) is 9.59 Å². The number of hydrogen-bond acceptors (Lipinski definition) is 6. The van der Waals surface area contributed by atoms with E-state index in [0.29, 0.717) is 16.1 Å². The molecule has 0 bridgehead atoms. The Labute approximate surface area is 178 Å². The van der Waals surface area contributed by atoms with Gasteiger partial charge >= 0.3 is 0 Å². The van der Waals surface area contributed by atoms with Crippen LogP contribution in [0.1, 0.15) is 32.5 Å². The summed E-state index contributed by atoms with van der Waals surface area (Å²) < 4.78 is 5.29. The second kappa shape index (κ2) is 8.08. The number of fused-ring (bicyclic) bond motifs is 1. The molecular weight excluding hydrogens is 396 g/mol. The fraction of sp³-hybridized carbons (Fsp3) is 0.125. The smallest absolute Gasteiger partial charge is 0.179 e. The van der Waals surface area contributed by atoms with Crippen LogP contribution in [0.3, 0.4) is 0 Å². The highest BCUT2D eigenvalue weighted by Crippen LogP contribution is 2.35. The Hall–Kier alpha value is -3.51. The number of benzene rings is 2. The first-order chi connectivity index (χ1) is 14.5. The first-order valence-electron chi connectivity index (χ1n) is 9.43. The minimum atomic E-state index is -0.0611. The second-order valence-corrected chi connectivity index (χ2v) is 7.98. The first kappa shape index (κ1) is 19.8. The van der Waals surface area contributed by atoms with E-state index in [0.717, 1.165) is 32.8 Å². The zero-order valence-electron chi connectivity index (χ0n) is 16.6. The van der Waals surface area contributed by atoms with E-state index in [-0.39, 0.29) is 18.0 Å². The monoisotopic (exact) mass is 416 g/mol. The van der Waals surface area contributed by atoms with Crippen molar-refractivity contribution in [2.75, 3.05) is 12.8 Å². The molecule has 2 heterocycles. The van der Waals surface area contributed by atoms with Gasteiger partial charge in [0.05, 0.1) is 23.4 Å². The number of carbonyl (C=O) groups excluding carboxylic acids is 2. The molecule has 0 aliphatic heterocycles. The van der Waals surface area contributed by atoms with Gasteiger partial charge in [-0.2, -0.15) is 0 Å². The topological polar surface area (TPSA) is 82.3 Å². The van der Waals surface area contributed by atoms with Gasteiger partial charge in [-0.15, -0.1) is 11.3 Å². The number of methoxy groups -OCH3 is 1. The van der Waals surface area contributed by atoms with Crippen molar-refractivity contribution >= 4 is 38.8 Å². The number of hydrogen-bond donors (Lipinski definition) is 1. The minimum Gasteiger partial charge on any atom is -0.497 e. The number of nitrogens with two attached hydrogens (primary N) is 1. The molecule has 0 spiro atoms. The first-order valence-corrected chi connectivity index (χ1v) is 10.2. The van der Waals surface area contributed by atoms with Crippen LogP contribution in [0.4, 0.5) is 5.69 Å². The Morgan fingerprint density at radius 2 is 1.83 bits per heavy atom. The molecule has 0 aliphatic rings. The van der Waals surface area contributed by atoms with E-state index in [4.69, 9.17) is 15.5 Å². The number of nitrogen functional groups attached to an aromatic ring is 1. The number of nitrogens with zero attached hydrogens (tertiary/aromatic N) is 1. The van der Waals surface area contributed by atoms with Gasteiger partial charge in [0.2, 0.25) is 0 Å². The van der Waals surface area contributed by atoms with E-state index in [2.05, 4.69) is 0 Å². The Bertz CT molecular complexity index is 1260. The molecule has 0 saturated carbocycles. The zero-order chi connectivity index (χ0) is 21.3. The van der Waals surface area contributed by atoms with Crippen LogP contribution in [0.15, 0.2) is 60.7 Å². The van der Waals surface area contributed by atoms with Crippen molar-refractivity contribution in [3.63, 3.8) is 0 Å². The van der Waals surface area contributed by atoms with Crippen LogP contribution >= 0.6 is 11.3 Å². The fourth-order valence-electron chi connectivity index (χ4n) is 3.27. The molecule has 2 aromatic carbocycles. The lowest BCUT2D eigenvalue weighted by atomic mass is 10.0. The lowest BCUT2D eigenvalue weighted by Crippen LogP contribution is -2.04. The van der Waals surface area contributed by atoms with Crippen LogP contribution in [-0.4, -0.2) is 23.7 Å². The number of aromatic nitrogens is 1. The lowest BCUT2D eigenvalue weighted by molar-refractivity contribution is 0.0995. The van der Waals surface area contributed by atoms with Crippen molar-refractivity contribution in [3.8, 4) is 17.0 Å². The third-order valence-corrected chi connectivity index (χ3v) is 6.09. The molecule has 0 amide bonds. The van der Waals surface area contributed by atoms with Gasteiger partial charge in [0, 0.05) is 22.9 Å². The normalized spacial score (nSPS) is 10.9. The highest BCUT2D eigenvalue weighted by Gasteiger charge is 2.18. The maximum atomic E-state index is 12.9. The summed E-state index contributed by atoms with van der Waals surface area (Å²) >= 11 is 1.31. The minimum absolute atomic E-state index is 0.000424. The van der Waals surface area contributed by atoms with Crippen LogP contribution in [0.5, 0.6) is 5.75 Å². The van der Waals surface area contributed by atoms with Crippen molar-refractivity contribution in [1.82, 2.24) is 4.98 Å². The molecule has 0 atom stereocenters. The summed E-state index contributed by atoms with van der Waals surface area (Å²) in [6.45, 7) is 1.52. The number of Topliss-reactive ketones (excluding diaryl/α,β-unsaturated/α-hetero) is 2. The Morgan fingerprint density at radius 1 is 1.07 bits per heavy atom. The highest BCUT2D eigenvalue weighted by atomic mass is 32.1. The van der Waals surface area contributed by atoms with Crippen molar-refractivity contribution in [3.05, 3.63) is 76.7 Å². The molecule has 0 radical (unpaired) electrons. The zero-order valence-corrected chi connectivity index (χ0v) is 17.5. The molecule has 0 fully saturated rings. The Morgan fingerprint density at radius 3 is 2.53 bits per heavy atom. The maximum Gasteiger partial charge on any atom is 0.179 e.